The van der Waals surface area contributed by atoms with E-state index in [0.717, 1.165) is 5.56 Å². The molecule has 0 bridgehead atoms. The van der Waals surface area contributed by atoms with Crippen molar-refractivity contribution in [3.8, 4) is 6.07 Å². The van der Waals surface area contributed by atoms with Crippen molar-refractivity contribution in [3.05, 3.63) is 29.3 Å². The first-order valence-corrected chi connectivity index (χ1v) is 5.90. The van der Waals surface area contributed by atoms with Crippen LogP contribution in [0.25, 0.3) is 0 Å². The molecule has 0 aliphatic carbocycles. The summed E-state index contributed by atoms with van der Waals surface area (Å²) in [6.45, 7) is 4.27. The summed E-state index contributed by atoms with van der Waals surface area (Å²) in [4.78, 5) is 1.30. The molecule has 1 aromatic rings. The number of aryl methyl sites for hydroxylation is 1. The van der Waals surface area contributed by atoms with Crippen LogP contribution in [0.2, 0.25) is 0 Å². The molecule has 0 aliphatic heterocycles. The third-order valence-corrected chi connectivity index (χ3v) is 3.32. The molecule has 0 spiro atoms. The van der Waals surface area contributed by atoms with E-state index >= 15 is 0 Å². The summed E-state index contributed by atoms with van der Waals surface area (Å²) >= 11 is 1.88. The van der Waals surface area contributed by atoms with Gasteiger partial charge in [0.2, 0.25) is 0 Å². The summed E-state index contributed by atoms with van der Waals surface area (Å²) < 4.78 is 0. The van der Waals surface area contributed by atoms with Gasteiger partial charge in [-0.15, -0.1) is 11.8 Å². The van der Waals surface area contributed by atoms with Gasteiger partial charge in [0, 0.05) is 4.90 Å². The molecule has 0 saturated carbocycles. The van der Waals surface area contributed by atoms with Gasteiger partial charge in [0.15, 0.2) is 0 Å². The second-order valence-corrected chi connectivity index (χ2v) is 4.43. The van der Waals surface area contributed by atoms with Crippen LogP contribution in [0.5, 0.6) is 0 Å². The van der Waals surface area contributed by atoms with Gasteiger partial charge in [0.05, 0.1) is 11.6 Å². The minimum absolute atomic E-state index is 0.752. The number of unbranched alkanes of at least 4 members (excludes halogenated alkanes) is 1. The molecule has 0 aromatic heterocycles. The Morgan fingerprint density at radius 2 is 2.21 bits per heavy atom. The molecule has 0 radical (unpaired) electrons. The fourth-order valence-corrected chi connectivity index (χ4v) is 2.31. The molecule has 0 aliphatic rings. The summed E-state index contributed by atoms with van der Waals surface area (Å²) in [6.07, 6.45) is 2.49. The Hall–Kier alpha value is -0.940. The smallest absolute Gasteiger partial charge is 0.0991 e. The summed E-state index contributed by atoms with van der Waals surface area (Å²) in [6, 6.07) is 8.05. The molecular formula is C12H15NS. The van der Waals surface area contributed by atoms with Gasteiger partial charge >= 0.3 is 0 Å². The zero-order valence-corrected chi connectivity index (χ0v) is 9.53. The van der Waals surface area contributed by atoms with Gasteiger partial charge in [-0.1, -0.05) is 13.3 Å². The number of hydrogen-bond acceptors (Lipinski definition) is 2. The van der Waals surface area contributed by atoms with Gasteiger partial charge in [-0.3, -0.25) is 0 Å². The lowest BCUT2D eigenvalue weighted by molar-refractivity contribution is 0.896. The molecule has 1 aromatic carbocycles. The molecule has 0 unspecified atom stereocenters. The SMILES string of the molecule is CCCCSc1ccc(C#N)cc1C. The normalized spacial score (nSPS) is 9.79. The van der Waals surface area contributed by atoms with Crippen LogP contribution < -0.4 is 0 Å². The Morgan fingerprint density at radius 3 is 2.79 bits per heavy atom. The molecule has 2 heteroatoms. The van der Waals surface area contributed by atoms with Crippen LogP contribution in [0.3, 0.4) is 0 Å². The maximum Gasteiger partial charge on any atom is 0.0991 e. The molecule has 1 rings (SSSR count). The van der Waals surface area contributed by atoms with E-state index < -0.39 is 0 Å². The Balaban J connectivity index is 2.65. The van der Waals surface area contributed by atoms with E-state index in [0.29, 0.717) is 0 Å². The highest BCUT2D eigenvalue weighted by molar-refractivity contribution is 7.99. The molecular weight excluding hydrogens is 190 g/mol. The molecule has 0 N–H and O–H groups in total. The quantitative estimate of drug-likeness (QED) is 0.552. The number of hydrogen-bond donors (Lipinski definition) is 0. The predicted molar refractivity (Wildman–Crippen MR) is 61.5 cm³/mol. The second kappa shape index (κ2) is 5.72. The lowest BCUT2D eigenvalue weighted by Gasteiger charge is -2.04. The molecule has 0 amide bonds. The summed E-state index contributed by atoms with van der Waals surface area (Å²) in [7, 11) is 0. The van der Waals surface area contributed by atoms with Crippen molar-refractivity contribution in [2.75, 3.05) is 5.75 Å². The molecule has 74 valence electrons. The first kappa shape index (κ1) is 11.1. The van der Waals surface area contributed by atoms with Crippen LogP contribution in [0.15, 0.2) is 23.1 Å². The van der Waals surface area contributed by atoms with Crippen LogP contribution in [-0.4, -0.2) is 5.75 Å². The van der Waals surface area contributed by atoms with E-state index in [-0.39, 0.29) is 0 Å². The van der Waals surface area contributed by atoms with E-state index in [1.54, 1.807) is 0 Å². The highest BCUT2D eigenvalue weighted by atomic mass is 32.2. The second-order valence-electron chi connectivity index (χ2n) is 3.29. The van der Waals surface area contributed by atoms with Crippen molar-refractivity contribution >= 4 is 11.8 Å². The molecule has 1 nitrogen and oxygen atoms in total. The number of rotatable bonds is 4. The molecule has 0 saturated heterocycles. The number of benzene rings is 1. The van der Waals surface area contributed by atoms with E-state index in [9.17, 15) is 0 Å². The predicted octanol–water partition coefficient (Wildman–Crippen LogP) is 3.76. The van der Waals surface area contributed by atoms with Crippen molar-refractivity contribution in [2.24, 2.45) is 0 Å². The van der Waals surface area contributed by atoms with Crippen molar-refractivity contribution in [3.63, 3.8) is 0 Å². The molecule has 0 heterocycles. The maximum atomic E-state index is 8.71. The van der Waals surface area contributed by atoms with Crippen LogP contribution in [0.4, 0.5) is 0 Å². The summed E-state index contributed by atoms with van der Waals surface area (Å²) in [5.74, 6) is 1.17. The number of nitrogens with zero attached hydrogens (tertiary/aromatic N) is 1. The fourth-order valence-electron chi connectivity index (χ4n) is 1.21. The maximum absolute atomic E-state index is 8.71. The Morgan fingerprint density at radius 1 is 1.43 bits per heavy atom. The average molecular weight is 205 g/mol. The lowest BCUT2D eigenvalue weighted by atomic mass is 10.2. The van der Waals surface area contributed by atoms with Crippen LogP contribution in [0, 0.1) is 18.3 Å². The Labute approximate surface area is 90.1 Å². The van der Waals surface area contributed by atoms with E-state index in [1.807, 2.05) is 30.0 Å². The highest BCUT2D eigenvalue weighted by Crippen LogP contribution is 2.23. The topological polar surface area (TPSA) is 23.8 Å². The minimum atomic E-state index is 0.752. The third-order valence-electron chi connectivity index (χ3n) is 2.06. The molecule has 0 fully saturated rings. The number of thioether (sulfide) groups is 1. The Kier molecular flexibility index (Phi) is 4.55. The third kappa shape index (κ3) is 3.08. The van der Waals surface area contributed by atoms with Gasteiger partial charge in [0.1, 0.15) is 0 Å². The van der Waals surface area contributed by atoms with Gasteiger partial charge in [-0.05, 0) is 42.9 Å². The van der Waals surface area contributed by atoms with Gasteiger partial charge in [-0.25, -0.2) is 0 Å². The van der Waals surface area contributed by atoms with Crippen molar-refractivity contribution in [2.45, 2.75) is 31.6 Å². The number of nitriles is 1. The minimum Gasteiger partial charge on any atom is -0.192 e. The summed E-state index contributed by atoms with van der Waals surface area (Å²) in [5.41, 5.74) is 1.97. The van der Waals surface area contributed by atoms with Crippen LogP contribution >= 0.6 is 11.8 Å². The summed E-state index contributed by atoms with van der Waals surface area (Å²) in [5, 5.41) is 8.71. The van der Waals surface area contributed by atoms with Gasteiger partial charge < -0.3 is 0 Å². The van der Waals surface area contributed by atoms with Crippen LogP contribution in [0.1, 0.15) is 30.9 Å². The van der Waals surface area contributed by atoms with E-state index in [2.05, 4.69) is 19.9 Å². The van der Waals surface area contributed by atoms with Gasteiger partial charge in [-0.2, -0.15) is 5.26 Å². The molecule has 0 atom stereocenters. The zero-order chi connectivity index (χ0) is 10.4. The van der Waals surface area contributed by atoms with Crippen molar-refractivity contribution in [1.29, 1.82) is 5.26 Å². The first-order valence-electron chi connectivity index (χ1n) is 4.91. The first-order chi connectivity index (χ1) is 6.77. The van der Waals surface area contributed by atoms with Gasteiger partial charge in [0.25, 0.3) is 0 Å². The monoisotopic (exact) mass is 205 g/mol. The molecule has 14 heavy (non-hydrogen) atoms. The highest BCUT2D eigenvalue weighted by Gasteiger charge is 1.99. The standard InChI is InChI=1S/C12H15NS/c1-3-4-7-14-12-6-5-11(9-13)8-10(12)2/h5-6,8H,3-4,7H2,1-2H3. The largest absolute Gasteiger partial charge is 0.192 e. The van der Waals surface area contributed by atoms with E-state index in [1.165, 1.54) is 29.1 Å². The van der Waals surface area contributed by atoms with Crippen LogP contribution in [-0.2, 0) is 0 Å². The fraction of sp³-hybridized carbons (Fsp3) is 0.417. The lowest BCUT2D eigenvalue weighted by Crippen LogP contribution is -1.84. The zero-order valence-electron chi connectivity index (χ0n) is 8.71. The average Bonchev–Trinajstić information content (AvgIpc) is 2.20. The van der Waals surface area contributed by atoms with E-state index in [4.69, 9.17) is 5.26 Å². The van der Waals surface area contributed by atoms with Crippen molar-refractivity contribution < 1.29 is 0 Å². The Bertz CT molecular complexity index is 339. The van der Waals surface area contributed by atoms with Crippen molar-refractivity contribution in [1.82, 2.24) is 0 Å².